The minimum atomic E-state index is -0.158. The number of rotatable bonds is 3. The van der Waals surface area contributed by atoms with Gasteiger partial charge >= 0.3 is 0 Å². The van der Waals surface area contributed by atoms with E-state index in [0.29, 0.717) is 5.92 Å². The molecule has 0 saturated carbocycles. The molecule has 1 nitrogen and oxygen atoms in total. The molecule has 21 heavy (non-hydrogen) atoms. The molecule has 2 aromatic carbocycles. The van der Waals surface area contributed by atoms with Crippen LogP contribution in [0, 0.1) is 0 Å². The highest BCUT2D eigenvalue weighted by Crippen LogP contribution is 2.38. The third-order valence-corrected chi connectivity index (χ3v) is 4.10. The molecule has 1 atom stereocenters. The van der Waals surface area contributed by atoms with Gasteiger partial charge in [-0.05, 0) is 36.1 Å². The highest BCUT2D eigenvalue weighted by Gasteiger charge is 2.19. The van der Waals surface area contributed by atoms with E-state index in [4.69, 9.17) is 0 Å². The van der Waals surface area contributed by atoms with Gasteiger partial charge in [0.15, 0.2) is 0 Å². The summed E-state index contributed by atoms with van der Waals surface area (Å²) in [4.78, 5) is 0. The lowest BCUT2D eigenvalue weighted by molar-refractivity contribution is 0.177. The lowest BCUT2D eigenvalue weighted by atomic mass is 9.88. The Morgan fingerprint density at radius 1 is 0.952 bits per heavy atom. The van der Waals surface area contributed by atoms with Crippen LogP contribution in [0.4, 0.5) is 0 Å². The molecule has 0 bridgehead atoms. The number of hydrogen-bond donors (Lipinski definition) is 0. The molecule has 1 radical (unpaired) electrons. The van der Waals surface area contributed by atoms with Crippen LogP contribution in [0.15, 0.2) is 71.8 Å². The van der Waals surface area contributed by atoms with E-state index < -0.39 is 0 Å². The van der Waals surface area contributed by atoms with E-state index >= 15 is 0 Å². The van der Waals surface area contributed by atoms with Crippen molar-refractivity contribution in [1.82, 2.24) is 0 Å². The van der Waals surface area contributed by atoms with Gasteiger partial charge < -0.3 is 0 Å². The van der Waals surface area contributed by atoms with Crippen molar-refractivity contribution >= 4 is 0 Å². The Balaban J connectivity index is 2.06. The second kappa shape index (κ2) is 5.71. The van der Waals surface area contributed by atoms with Gasteiger partial charge in [0.1, 0.15) is 6.61 Å². The predicted octanol–water partition coefficient (Wildman–Crippen LogP) is 5.27. The van der Waals surface area contributed by atoms with Crippen LogP contribution in [-0.4, -0.2) is 0 Å². The average Bonchev–Trinajstić information content (AvgIpc) is 2.86. The van der Waals surface area contributed by atoms with Crippen LogP contribution in [0.3, 0.4) is 0 Å². The summed E-state index contributed by atoms with van der Waals surface area (Å²) in [5.74, 6) is 0.361. The third-order valence-electron chi connectivity index (χ3n) is 4.10. The Bertz CT molecular complexity index is 705. The maximum Gasteiger partial charge on any atom is 0.107 e. The zero-order valence-electron chi connectivity index (χ0n) is 12.5. The lowest BCUT2D eigenvalue weighted by Gasteiger charge is -2.16. The van der Waals surface area contributed by atoms with Crippen LogP contribution in [0.2, 0.25) is 0 Å². The Morgan fingerprint density at radius 2 is 1.67 bits per heavy atom. The molecule has 0 spiro atoms. The summed E-state index contributed by atoms with van der Waals surface area (Å²) in [6.45, 7) is 4.18. The molecule has 0 heterocycles. The van der Waals surface area contributed by atoms with Crippen molar-refractivity contribution < 1.29 is 5.11 Å². The molecular formula is C20H19O. The molecule has 0 N–H and O–H groups in total. The third kappa shape index (κ3) is 2.70. The molecule has 0 aliphatic heterocycles. The molecule has 1 aliphatic carbocycles. The first-order valence-corrected chi connectivity index (χ1v) is 7.32. The van der Waals surface area contributed by atoms with E-state index in [1.807, 2.05) is 12.1 Å². The van der Waals surface area contributed by atoms with Gasteiger partial charge in [0.25, 0.3) is 0 Å². The van der Waals surface area contributed by atoms with Crippen LogP contribution < -0.4 is 0 Å². The quantitative estimate of drug-likeness (QED) is 0.727. The molecule has 0 saturated heterocycles. The zero-order chi connectivity index (χ0) is 14.8. The molecule has 1 unspecified atom stereocenters. The number of allylic oxidation sites excluding steroid dienone is 4. The maximum absolute atomic E-state index is 10.9. The van der Waals surface area contributed by atoms with Crippen LogP contribution in [0.1, 0.15) is 30.9 Å². The summed E-state index contributed by atoms with van der Waals surface area (Å²) < 4.78 is 0. The minimum Gasteiger partial charge on any atom is -0.232 e. The van der Waals surface area contributed by atoms with Crippen molar-refractivity contribution in [3.63, 3.8) is 0 Å². The van der Waals surface area contributed by atoms with Crippen molar-refractivity contribution in [2.24, 2.45) is 0 Å². The van der Waals surface area contributed by atoms with Gasteiger partial charge in [0.05, 0.1) is 0 Å². The highest BCUT2D eigenvalue weighted by molar-refractivity contribution is 5.70. The second-order valence-electron chi connectivity index (χ2n) is 5.71. The van der Waals surface area contributed by atoms with Gasteiger partial charge in [-0.25, -0.2) is 5.11 Å². The standard InChI is InChI=1S/C20H19O/c1-14-11-15(2)20(12-14)19-6-4-3-5-18(19)17-9-7-16(13-21)8-10-17/h3-12,20H,13H2,1-2H3. The SMILES string of the molecule is CC1=CC(c2ccccc2-c2ccc(C[O])cc2)C(C)=C1. The topological polar surface area (TPSA) is 19.9 Å². The summed E-state index contributed by atoms with van der Waals surface area (Å²) >= 11 is 0. The zero-order valence-corrected chi connectivity index (χ0v) is 12.5. The van der Waals surface area contributed by atoms with Crippen LogP contribution in [0.25, 0.3) is 11.1 Å². The van der Waals surface area contributed by atoms with E-state index in [2.05, 4.69) is 62.4 Å². The molecule has 0 fully saturated rings. The first-order chi connectivity index (χ1) is 10.2. The molecule has 0 amide bonds. The van der Waals surface area contributed by atoms with Crippen LogP contribution >= 0.6 is 0 Å². The monoisotopic (exact) mass is 275 g/mol. The second-order valence-corrected chi connectivity index (χ2v) is 5.71. The van der Waals surface area contributed by atoms with E-state index in [9.17, 15) is 5.11 Å². The fourth-order valence-corrected chi connectivity index (χ4v) is 3.04. The van der Waals surface area contributed by atoms with Crippen LogP contribution in [-0.2, 0) is 11.7 Å². The van der Waals surface area contributed by atoms with Crippen molar-refractivity contribution in [2.75, 3.05) is 0 Å². The number of hydrogen-bond acceptors (Lipinski definition) is 0. The molecule has 1 aliphatic rings. The summed E-state index contributed by atoms with van der Waals surface area (Å²) in [5.41, 5.74) is 7.30. The van der Waals surface area contributed by atoms with E-state index in [-0.39, 0.29) is 6.61 Å². The molecule has 3 rings (SSSR count). The lowest BCUT2D eigenvalue weighted by Crippen LogP contribution is -1.97. The Morgan fingerprint density at radius 3 is 2.29 bits per heavy atom. The van der Waals surface area contributed by atoms with Crippen molar-refractivity contribution in [2.45, 2.75) is 26.4 Å². The van der Waals surface area contributed by atoms with Crippen molar-refractivity contribution in [1.29, 1.82) is 0 Å². The smallest absolute Gasteiger partial charge is 0.107 e. The molecular weight excluding hydrogens is 256 g/mol. The molecule has 0 aromatic heterocycles. The fraction of sp³-hybridized carbons (Fsp3) is 0.200. The Hall–Kier alpha value is -2.12. The van der Waals surface area contributed by atoms with E-state index in [1.165, 1.54) is 27.8 Å². The van der Waals surface area contributed by atoms with Gasteiger partial charge in [0.2, 0.25) is 0 Å². The van der Waals surface area contributed by atoms with Gasteiger partial charge in [-0.3, -0.25) is 0 Å². The summed E-state index contributed by atoms with van der Waals surface area (Å²) in [5, 5.41) is 10.9. The van der Waals surface area contributed by atoms with Gasteiger partial charge in [0, 0.05) is 5.92 Å². The Labute approximate surface area is 126 Å². The first kappa shape index (κ1) is 13.8. The maximum atomic E-state index is 10.9. The molecule has 105 valence electrons. The van der Waals surface area contributed by atoms with Crippen molar-refractivity contribution in [3.8, 4) is 11.1 Å². The summed E-state index contributed by atoms with van der Waals surface area (Å²) in [6, 6.07) is 16.5. The predicted molar refractivity (Wildman–Crippen MR) is 86.5 cm³/mol. The molecule has 1 heteroatoms. The van der Waals surface area contributed by atoms with E-state index in [0.717, 1.165) is 5.56 Å². The fourth-order valence-electron chi connectivity index (χ4n) is 3.04. The number of benzene rings is 2. The normalized spacial score (nSPS) is 17.6. The van der Waals surface area contributed by atoms with Crippen LogP contribution in [0.5, 0.6) is 0 Å². The first-order valence-electron chi connectivity index (χ1n) is 7.32. The van der Waals surface area contributed by atoms with Gasteiger partial charge in [-0.15, -0.1) is 0 Å². The summed E-state index contributed by atoms with van der Waals surface area (Å²) in [7, 11) is 0. The summed E-state index contributed by atoms with van der Waals surface area (Å²) in [6.07, 6.45) is 4.57. The molecule has 2 aromatic rings. The van der Waals surface area contributed by atoms with E-state index in [1.54, 1.807) is 0 Å². The minimum absolute atomic E-state index is 0.158. The van der Waals surface area contributed by atoms with Gasteiger partial charge in [-0.2, -0.15) is 0 Å². The highest BCUT2D eigenvalue weighted by atomic mass is 16.3. The van der Waals surface area contributed by atoms with Gasteiger partial charge in [-0.1, -0.05) is 71.8 Å². The largest absolute Gasteiger partial charge is 0.232 e. The Kier molecular flexibility index (Phi) is 3.76. The van der Waals surface area contributed by atoms with Crippen molar-refractivity contribution in [3.05, 3.63) is 83.0 Å². The average molecular weight is 275 g/mol.